The Kier molecular flexibility index (Phi) is 13.2. The van der Waals surface area contributed by atoms with Crippen LogP contribution in [0.5, 0.6) is 0 Å². The Hall–Kier alpha value is -2.33. The SMILES string of the molecule is Cc1ncsc1-c1ccc(CNC(=O)[C@@H]2C[C@@H](O)CN2C(=O)[C@@H](NCCCCCCCCCCN)C(C)(C)C)cc1. The van der Waals surface area contributed by atoms with Gasteiger partial charge < -0.3 is 26.4 Å². The Morgan fingerprint density at radius 2 is 1.71 bits per heavy atom. The normalized spacial score (nSPS) is 18.0. The van der Waals surface area contributed by atoms with Crippen LogP contribution in [0, 0.1) is 12.3 Å². The first-order valence-electron chi connectivity index (χ1n) is 15.3. The van der Waals surface area contributed by atoms with E-state index in [4.69, 9.17) is 5.73 Å². The molecule has 1 aliphatic rings. The van der Waals surface area contributed by atoms with Gasteiger partial charge in [-0.3, -0.25) is 9.59 Å². The lowest BCUT2D eigenvalue weighted by atomic mass is 9.85. The van der Waals surface area contributed by atoms with Gasteiger partial charge in [0, 0.05) is 19.5 Å². The van der Waals surface area contributed by atoms with E-state index >= 15 is 0 Å². The number of aliphatic hydroxyl groups excluding tert-OH is 1. The zero-order valence-corrected chi connectivity index (χ0v) is 26.3. The van der Waals surface area contributed by atoms with Crippen molar-refractivity contribution >= 4 is 23.2 Å². The van der Waals surface area contributed by atoms with Gasteiger partial charge >= 0.3 is 0 Å². The number of hydrogen-bond donors (Lipinski definition) is 4. The number of thiazole rings is 1. The van der Waals surface area contributed by atoms with Crippen molar-refractivity contribution in [1.82, 2.24) is 20.5 Å². The minimum absolute atomic E-state index is 0.113. The highest BCUT2D eigenvalue weighted by atomic mass is 32.1. The van der Waals surface area contributed by atoms with Crippen molar-refractivity contribution in [3.63, 3.8) is 0 Å². The standard InChI is InChI=1S/C32H51N5O3S/c1-23-28(41-22-36-23)25-15-13-24(14-16-25)20-35-30(39)27-19-26(38)21-37(27)31(40)29(32(2,3)4)34-18-12-10-8-6-5-7-9-11-17-33/h13-16,22,26-27,29,34,38H,5-12,17-21,33H2,1-4H3,(H,35,39)/t26-,27+,29-/m1/s1. The van der Waals surface area contributed by atoms with Crippen LogP contribution in [-0.4, -0.2) is 64.6 Å². The molecule has 0 aliphatic carbocycles. The third kappa shape index (κ3) is 10.2. The Balaban J connectivity index is 1.50. The highest BCUT2D eigenvalue weighted by Crippen LogP contribution is 2.28. The highest BCUT2D eigenvalue weighted by molar-refractivity contribution is 7.13. The number of unbranched alkanes of at least 4 members (excludes halogenated alkanes) is 7. The molecule has 5 N–H and O–H groups in total. The Bertz CT molecular complexity index is 1080. The van der Waals surface area contributed by atoms with Gasteiger partial charge in [0.25, 0.3) is 0 Å². The van der Waals surface area contributed by atoms with Crippen LogP contribution in [-0.2, 0) is 16.1 Å². The molecule has 0 radical (unpaired) electrons. The number of benzene rings is 1. The number of hydrogen-bond acceptors (Lipinski definition) is 7. The number of aliphatic hydroxyl groups is 1. The molecule has 8 nitrogen and oxygen atoms in total. The van der Waals surface area contributed by atoms with Crippen molar-refractivity contribution in [2.24, 2.45) is 11.1 Å². The molecule has 1 saturated heterocycles. The lowest BCUT2D eigenvalue weighted by molar-refractivity contribution is -0.142. The summed E-state index contributed by atoms with van der Waals surface area (Å²) in [5.74, 6) is -0.338. The summed E-state index contributed by atoms with van der Waals surface area (Å²) in [5, 5.41) is 16.9. The van der Waals surface area contributed by atoms with Crippen molar-refractivity contribution in [3.8, 4) is 10.4 Å². The maximum atomic E-state index is 13.8. The zero-order chi connectivity index (χ0) is 29.8. The summed E-state index contributed by atoms with van der Waals surface area (Å²) in [6.07, 6.45) is 8.98. The van der Waals surface area contributed by atoms with Crippen molar-refractivity contribution < 1.29 is 14.7 Å². The van der Waals surface area contributed by atoms with E-state index in [-0.39, 0.29) is 30.2 Å². The van der Waals surface area contributed by atoms with Crippen molar-refractivity contribution in [2.75, 3.05) is 19.6 Å². The third-order valence-electron chi connectivity index (χ3n) is 7.89. The Morgan fingerprint density at radius 1 is 1.07 bits per heavy atom. The fourth-order valence-electron chi connectivity index (χ4n) is 5.47. The average molecular weight is 586 g/mol. The number of likely N-dealkylation sites (tertiary alicyclic amines) is 1. The second kappa shape index (κ2) is 16.3. The summed E-state index contributed by atoms with van der Waals surface area (Å²) in [7, 11) is 0. The van der Waals surface area contributed by atoms with Gasteiger partial charge in [0.15, 0.2) is 0 Å². The predicted octanol–water partition coefficient (Wildman–Crippen LogP) is 4.78. The van der Waals surface area contributed by atoms with E-state index in [0.29, 0.717) is 6.54 Å². The first-order valence-corrected chi connectivity index (χ1v) is 16.2. The van der Waals surface area contributed by atoms with Gasteiger partial charge in [0.05, 0.1) is 28.2 Å². The summed E-state index contributed by atoms with van der Waals surface area (Å²) in [4.78, 5) is 34.0. The summed E-state index contributed by atoms with van der Waals surface area (Å²) < 4.78 is 0. The second-order valence-corrected chi connectivity index (χ2v) is 13.3. The molecule has 3 rings (SSSR count). The lowest BCUT2D eigenvalue weighted by Crippen LogP contribution is -2.56. The number of nitrogens with zero attached hydrogens (tertiary/aromatic N) is 2. The molecular weight excluding hydrogens is 534 g/mol. The molecule has 9 heteroatoms. The van der Waals surface area contributed by atoms with Crippen LogP contribution in [0.3, 0.4) is 0 Å². The summed E-state index contributed by atoms with van der Waals surface area (Å²) in [6.45, 7) is 10.2. The second-order valence-electron chi connectivity index (χ2n) is 12.4. The molecule has 2 heterocycles. The number of β-amino-alcohol motifs (C(OH)–C–C–N with tert-alkyl or cyclic N) is 1. The van der Waals surface area contributed by atoms with E-state index in [0.717, 1.165) is 54.0 Å². The fraction of sp³-hybridized carbons (Fsp3) is 0.656. The molecule has 3 atom stereocenters. The molecule has 1 fully saturated rings. The van der Waals surface area contributed by atoms with Crippen LogP contribution in [0.1, 0.15) is 89.8 Å². The van der Waals surface area contributed by atoms with Gasteiger partial charge in [0.2, 0.25) is 11.8 Å². The number of carbonyl (C=O) groups is 2. The van der Waals surface area contributed by atoms with E-state index in [9.17, 15) is 14.7 Å². The van der Waals surface area contributed by atoms with Crippen LogP contribution in [0.25, 0.3) is 10.4 Å². The molecule has 2 aromatic rings. The van der Waals surface area contributed by atoms with E-state index in [1.54, 1.807) is 16.2 Å². The van der Waals surface area contributed by atoms with E-state index < -0.39 is 18.2 Å². The number of carbonyl (C=O) groups excluding carboxylic acids is 2. The number of nitrogens with one attached hydrogen (secondary N) is 2. The minimum Gasteiger partial charge on any atom is -0.391 e. The molecule has 1 aliphatic heterocycles. The van der Waals surface area contributed by atoms with E-state index in [2.05, 4.69) is 15.6 Å². The molecule has 41 heavy (non-hydrogen) atoms. The molecule has 0 spiro atoms. The van der Waals surface area contributed by atoms with Crippen LogP contribution < -0.4 is 16.4 Å². The summed E-state index contributed by atoms with van der Waals surface area (Å²) in [6, 6.07) is 6.98. The van der Waals surface area contributed by atoms with Gasteiger partial charge in [-0.15, -0.1) is 11.3 Å². The van der Waals surface area contributed by atoms with Crippen molar-refractivity contribution in [3.05, 3.63) is 41.0 Å². The lowest BCUT2D eigenvalue weighted by Gasteiger charge is -2.35. The number of rotatable bonds is 16. The van der Waals surface area contributed by atoms with E-state index in [1.165, 1.54) is 32.1 Å². The van der Waals surface area contributed by atoms with Crippen LogP contribution in [0.4, 0.5) is 0 Å². The average Bonchev–Trinajstić information content (AvgIpc) is 3.55. The zero-order valence-electron chi connectivity index (χ0n) is 25.5. The fourth-order valence-corrected chi connectivity index (χ4v) is 6.28. The van der Waals surface area contributed by atoms with Crippen LogP contribution >= 0.6 is 11.3 Å². The maximum absolute atomic E-state index is 13.8. The molecule has 1 aromatic carbocycles. The Labute approximate surface area is 250 Å². The van der Waals surface area contributed by atoms with Gasteiger partial charge in [0.1, 0.15) is 6.04 Å². The smallest absolute Gasteiger partial charge is 0.243 e. The molecule has 0 unspecified atom stereocenters. The van der Waals surface area contributed by atoms with Crippen LogP contribution in [0.15, 0.2) is 29.8 Å². The van der Waals surface area contributed by atoms with Gasteiger partial charge in [-0.1, -0.05) is 83.6 Å². The first kappa shape index (κ1) is 33.2. The molecule has 0 bridgehead atoms. The summed E-state index contributed by atoms with van der Waals surface area (Å²) in [5.41, 5.74) is 10.2. The number of aryl methyl sites for hydroxylation is 1. The van der Waals surface area contributed by atoms with E-state index in [1.807, 2.05) is 57.5 Å². The Morgan fingerprint density at radius 3 is 2.29 bits per heavy atom. The summed E-state index contributed by atoms with van der Waals surface area (Å²) >= 11 is 1.61. The monoisotopic (exact) mass is 585 g/mol. The number of aromatic nitrogens is 1. The molecule has 2 amide bonds. The molecule has 0 saturated carbocycles. The molecular formula is C32H51N5O3S. The largest absolute Gasteiger partial charge is 0.391 e. The number of nitrogens with two attached hydrogens (primary N) is 1. The quantitative estimate of drug-likeness (QED) is 0.211. The van der Waals surface area contributed by atoms with Crippen molar-refractivity contribution in [1.29, 1.82) is 0 Å². The van der Waals surface area contributed by atoms with Crippen molar-refractivity contribution in [2.45, 2.75) is 110 Å². The van der Waals surface area contributed by atoms with Gasteiger partial charge in [-0.05, 0) is 49.4 Å². The predicted molar refractivity (Wildman–Crippen MR) is 167 cm³/mol. The first-order chi connectivity index (χ1) is 19.6. The third-order valence-corrected chi connectivity index (χ3v) is 8.86. The molecule has 1 aromatic heterocycles. The molecule has 228 valence electrons. The van der Waals surface area contributed by atoms with Gasteiger partial charge in [-0.25, -0.2) is 4.98 Å². The number of amides is 2. The van der Waals surface area contributed by atoms with Gasteiger partial charge in [-0.2, -0.15) is 0 Å². The van der Waals surface area contributed by atoms with Crippen LogP contribution in [0.2, 0.25) is 0 Å². The topological polar surface area (TPSA) is 121 Å². The highest BCUT2D eigenvalue weighted by Gasteiger charge is 2.43. The minimum atomic E-state index is -0.706. The maximum Gasteiger partial charge on any atom is 0.243 e.